The van der Waals surface area contributed by atoms with E-state index in [-0.39, 0.29) is 6.09 Å². The van der Waals surface area contributed by atoms with Gasteiger partial charge in [0, 0.05) is 48.9 Å². The van der Waals surface area contributed by atoms with Crippen molar-refractivity contribution < 1.29 is 9.53 Å². The number of aromatic nitrogens is 3. The minimum absolute atomic E-state index is 0.335. The number of nitrogens with one attached hydrogen (secondary N) is 1. The quantitative estimate of drug-likeness (QED) is 0.879. The Morgan fingerprint density at radius 3 is 2.91 bits per heavy atom. The van der Waals surface area contributed by atoms with Crippen LogP contribution in [0.2, 0.25) is 0 Å². The van der Waals surface area contributed by atoms with E-state index in [1.807, 2.05) is 44.9 Å². The summed E-state index contributed by atoms with van der Waals surface area (Å²) in [5.74, 6) is 0.335. The molecule has 1 amide bonds. The largest absolute Gasteiger partial charge is 0.444 e. The highest BCUT2D eigenvalue weighted by molar-refractivity contribution is 7.09. The molecule has 0 bridgehead atoms. The van der Waals surface area contributed by atoms with Gasteiger partial charge < -0.3 is 14.6 Å². The number of hydrogen-bond acceptors (Lipinski definition) is 5. The highest BCUT2D eigenvalue weighted by atomic mass is 32.1. The Bertz CT molecular complexity index is 616. The lowest BCUT2D eigenvalue weighted by Gasteiger charge is -2.19. The van der Waals surface area contributed by atoms with Crippen molar-refractivity contribution in [3.05, 3.63) is 34.8 Å². The number of amides is 1. The zero-order valence-corrected chi connectivity index (χ0v) is 14.9. The molecule has 2 heterocycles. The summed E-state index contributed by atoms with van der Waals surface area (Å²) in [5.41, 5.74) is 0.610. The van der Waals surface area contributed by atoms with Crippen LogP contribution in [0.15, 0.2) is 24.1 Å². The predicted molar refractivity (Wildman–Crippen MR) is 90.7 cm³/mol. The molecule has 6 nitrogen and oxygen atoms in total. The van der Waals surface area contributed by atoms with Gasteiger partial charge in [-0.1, -0.05) is 6.92 Å². The third-order valence-electron chi connectivity index (χ3n) is 3.19. The Kier molecular flexibility index (Phi) is 5.76. The number of hydrogen-bond donors (Lipinski definition) is 1. The van der Waals surface area contributed by atoms with Crippen LogP contribution in [-0.4, -0.2) is 32.8 Å². The molecule has 0 aliphatic heterocycles. The van der Waals surface area contributed by atoms with Crippen LogP contribution in [0.1, 0.15) is 44.3 Å². The van der Waals surface area contributed by atoms with Gasteiger partial charge >= 0.3 is 6.09 Å². The molecule has 2 aromatic heterocycles. The topological polar surface area (TPSA) is 69.0 Å². The number of rotatable bonds is 6. The van der Waals surface area contributed by atoms with Gasteiger partial charge in [0.2, 0.25) is 0 Å². The lowest BCUT2D eigenvalue weighted by molar-refractivity contribution is 0.0528. The Hall–Kier alpha value is -1.89. The van der Waals surface area contributed by atoms with Crippen molar-refractivity contribution in [1.82, 2.24) is 19.9 Å². The second-order valence-electron chi connectivity index (χ2n) is 6.49. The molecule has 126 valence electrons. The summed E-state index contributed by atoms with van der Waals surface area (Å²) >= 11 is 1.67. The molecule has 0 aliphatic rings. The van der Waals surface area contributed by atoms with Crippen LogP contribution in [0.25, 0.3) is 0 Å². The molecule has 0 saturated heterocycles. The lowest BCUT2D eigenvalue weighted by Crippen LogP contribution is -2.33. The summed E-state index contributed by atoms with van der Waals surface area (Å²) in [4.78, 5) is 20.2. The van der Waals surface area contributed by atoms with Gasteiger partial charge in [-0.15, -0.1) is 11.3 Å². The second-order valence-corrected chi connectivity index (χ2v) is 7.41. The summed E-state index contributed by atoms with van der Waals surface area (Å²) < 4.78 is 7.34. The molecule has 2 rings (SSSR count). The van der Waals surface area contributed by atoms with E-state index < -0.39 is 5.60 Å². The van der Waals surface area contributed by atoms with Crippen molar-refractivity contribution in [1.29, 1.82) is 0 Å². The van der Waals surface area contributed by atoms with Crippen LogP contribution in [-0.2, 0) is 17.7 Å². The minimum Gasteiger partial charge on any atom is -0.444 e. The molecule has 0 spiro atoms. The summed E-state index contributed by atoms with van der Waals surface area (Å²) in [6.07, 6.45) is 5.82. The number of carbonyl (C=O) groups is 1. The standard InChI is InChI=1S/C16H24N4O2S/c1-12(14-18-7-8-23-14)10-20-11-17-9-13(20)5-6-19-15(21)22-16(2,3)4/h7-9,11-12H,5-6,10H2,1-4H3,(H,19,21). The SMILES string of the molecule is CC(Cn1cncc1CCNC(=O)OC(C)(C)C)c1nccs1. The van der Waals surface area contributed by atoms with Crippen molar-refractivity contribution >= 4 is 17.4 Å². The van der Waals surface area contributed by atoms with Gasteiger partial charge in [-0.3, -0.25) is 0 Å². The van der Waals surface area contributed by atoms with Crippen molar-refractivity contribution in [2.24, 2.45) is 0 Å². The van der Waals surface area contributed by atoms with Crippen LogP contribution in [0, 0.1) is 0 Å². The van der Waals surface area contributed by atoms with Crippen molar-refractivity contribution in [2.45, 2.75) is 52.2 Å². The Balaban J connectivity index is 1.83. The molecule has 0 radical (unpaired) electrons. The zero-order valence-electron chi connectivity index (χ0n) is 14.1. The maximum Gasteiger partial charge on any atom is 0.407 e. The first-order valence-corrected chi connectivity index (χ1v) is 8.58. The fourth-order valence-corrected chi connectivity index (χ4v) is 2.87. The maximum atomic E-state index is 11.6. The smallest absolute Gasteiger partial charge is 0.407 e. The number of thiazole rings is 1. The average molecular weight is 336 g/mol. The molecule has 0 aromatic carbocycles. The number of alkyl carbamates (subject to hydrolysis) is 1. The normalized spacial score (nSPS) is 12.9. The van der Waals surface area contributed by atoms with E-state index in [1.165, 1.54) is 0 Å². The Labute approximate surface area is 140 Å². The summed E-state index contributed by atoms with van der Waals surface area (Å²) in [7, 11) is 0. The maximum absolute atomic E-state index is 11.6. The molecular weight excluding hydrogens is 312 g/mol. The van der Waals surface area contributed by atoms with E-state index in [0.717, 1.165) is 17.2 Å². The van der Waals surface area contributed by atoms with Gasteiger partial charge in [0.25, 0.3) is 0 Å². The van der Waals surface area contributed by atoms with Gasteiger partial charge in [0.05, 0.1) is 11.3 Å². The van der Waals surface area contributed by atoms with Crippen LogP contribution in [0.3, 0.4) is 0 Å². The van der Waals surface area contributed by atoms with Crippen molar-refractivity contribution in [2.75, 3.05) is 6.54 Å². The number of carbonyl (C=O) groups excluding carboxylic acids is 1. The fraction of sp³-hybridized carbons (Fsp3) is 0.562. The van der Waals surface area contributed by atoms with E-state index in [2.05, 4.69) is 26.8 Å². The summed E-state index contributed by atoms with van der Waals surface area (Å²) in [5, 5.41) is 5.89. The monoisotopic (exact) mass is 336 g/mol. The van der Waals surface area contributed by atoms with Gasteiger partial charge in [-0.25, -0.2) is 14.8 Å². The molecule has 0 fully saturated rings. The van der Waals surface area contributed by atoms with Crippen molar-refractivity contribution in [3.8, 4) is 0 Å². The third-order valence-corrected chi connectivity index (χ3v) is 4.20. The number of nitrogens with zero attached hydrogens (tertiary/aromatic N) is 3. The van der Waals surface area contributed by atoms with Crippen LogP contribution in [0.4, 0.5) is 4.79 Å². The first kappa shape index (κ1) is 17.5. The summed E-state index contributed by atoms with van der Waals surface area (Å²) in [6.45, 7) is 9.05. The van der Waals surface area contributed by atoms with Crippen LogP contribution >= 0.6 is 11.3 Å². The van der Waals surface area contributed by atoms with E-state index in [4.69, 9.17) is 4.74 Å². The average Bonchev–Trinajstić information content (AvgIpc) is 3.08. The van der Waals surface area contributed by atoms with E-state index >= 15 is 0 Å². The molecule has 1 atom stereocenters. The fourth-order valence-electron chi connectivity index (χ4n) is 2.18. The third kappa shape index (κ3) is 5.67. The van der Waals surface area contributed by atoms with Crippen molar-refractivity contribution in [3.63, 3.8) is 0 Å². The molecule has 1 unspecified atom stereocenters. The highest BCUT2D eigenvalue weighted by Crippen LogP contribution is 2.20. The molecular formula is C16H24N4O2S. The first-order valence-electron chi connectivity index (χ1n) is 7.70. The van der Waals surface area contributed by atoms with Gasteiger partial charge in [-0.2, -0.15) is 0 Å². The van der Waals surface area contributed by atoms with Crippen LogP contribution < -0.4 is 5.32 Å². The Morgan fingerprint density at radius 2 is 2.26 bits per heavy atom. The molecule has 0 saturated carbocycles. The van der Waals surface area contributed by atoms with E-state index in [9.17, 15) is 4.79 Å². The molecule has 2 aromatic rings. The number of ether oxygens (including phenoxy) is 1. The van der Waals surface area contributed by atoms with Gasteiger partial charge in [0.1, 0.15) is 5.60 Å². The van der Waals surface area contributed by atoms with E-state index in [0.29, 0.717) is 18.9 Å². The van der Waals surface area contributed by atoms with Gasteiger partial charge in [0.15, 0.2) is 0 Å². The number of imidazole rings is 1. The molecule has 1 N–H and O–H groups in total. The second kappa shape index (κ2) is 7.59. The molecule has 0 aliphatic carbocycles. The summed E-state index contributed by atoms with van der Waals surface area (Å²) in [6, 6.07) is 0. The first-order chi connectivity index (χ1) is 10.8. The predicted octanol–water partition coefficient (Wildman–Crippen LogP) is 3.21. The Morgan fingerprint density at radius 1 is 1.48 bits per heavy atom. The zero-order chi connectivity index (χ0) is 16.9. The lowest BCUT2D eigenvalue weighted by atomic mass is 10.2. The highest BCUT2D eigenvalue weighted by Gasteiger charge is 2.16. The minimum atomic E-state index is -0.477. The van der Waals surface area contributed by atoms with E-state index in [1.54, 1.807) is 11.3 Å². The molecule has 7 heteroatoms. The van der Waals surface area contributed by atoms with Crippen LogP contribution in [0.5, 0.6) is 0 Å². The molecule has 23 heavy (non-hydrogen) atoms. The van der Waals surface area contributed by atoms with Gasteiger partial charge in [-0.05, 0) is 20.8 Å².